The van der Waals surface area contributed by atoms with Gasteiger partial charge in [-0.25, -0.2) is 0 Å². The Kier molecular flexibility index (Phi) is 6.34. The topological polar surface area (TPSA) is 97.4 Å². The fourth-order valence-electron chi connectivity index (χ4n) is 3.01. The fourth-order valence-corrected chi connectivity index (χ4v) is 3.01. The van der Waals surface area contributed by atoms with E-state index in [-0.39, 0.29) is 29.5 Å². The number of para-hydroxylation sites is 1. The Hall–Kier alpha value is -3.12. The lowest BCUT2D eigenvalue weighted by atomic mass is 9.94. The summed E-state index contributed by atoms with van der Waals surface area (Å²) in [4.78, 5) is 24.6. The molecule has 2 aromatic carbocycles. The third-order valence-electron chi connectivity index (χ3n) is 5.27. The van der Waals surface area contributed by atoms with Crippen molar-refractivity contribution in [2.75, 3.05) is 11.9 Å². The molecule has 3 aromatic rings. The normalized spacial score (nSPS) is 11.4. The Morgan fingerprint density at radius 3 is 2.38 bits per heavy atom. The smallest absolute Gasteiger partial charge is 0.291 e. The summed E-state index contributed by atoms with van der Waals surface area (Å²) in [6, 6.07) is 16.4. The highest BCUT2D eigenvalue weighted by Gasteiger charge is 2.20. The van der Waals surface area contributed by atoms with Crippen molar-refractivity contribution in [3.8, 4) is 0 Å². The van der Waals surface area contributed by atoms with E-state index in [4.69, 9.17) is 10.2 Å². The summed E-state index contributed by atoms with van der Waals surface area (Å²) >= 11 is 0. The van der Waals surface area contributed by atoms with Crippen molar-refractivity contribution >= 4 is 28.5 Å². The van der Waals surface area contributed by atoms with Crippen LogP contribution in [0.2, 0.25) is 0 Å². The lowest BCUT2D eigenvalue weighted by molar-refractivity contribution is -0.120. The summed E-state index contributed by atoms with van der Waals surface area (Å²) in [6.45, 7) is 4.51. The predicted molar refractivity (Wildman–Crippen MR) is 115 cm³/mol. The summed E-state index contributed by atoms with van der Waals surface area (Å²) < 4.78 is 5.58. The number of carbonyl (C=O) groups is 2. The molecule has 0 unspecified atom stereocenters. The van der Waals surface area contributed by atoms with Crippen LogP contribution in [0.1, 0.15) is 42.8 Å². The van der Waals surface area contributed by atoms with Crippen molar-refractivity contribution in [3.05, 3.63) is 65.9 Å². The van der Waals surface area contributed by atoms with Crippen LogP contribution in [0.4, 0.5) is 5.69 Å². The number of amides is 2. The summed E-state index contributed by atoms with van der Waals surface area (Å²) in [5.74, 6) is -0.127. The lowest BCUT2D eigenvalue weighted by Crippen LogP contribution is -2.49. The van der Waals surface area contributed by atoms with Gasteiger partial charge in [-0.3, -0.25) is 9.59 Å². The number of hydrogen-bond donors (Lipinski definition) is 3. The van der Waals surface area contributed by atoms with Gasteiger partial charge in [0, 0.05) is 23.2 Å². The van der Waals surface area contributed by atoms with Gasteiger partial charge in [0.15, 0.2) is 5.76 Å². The average molecular weight is 393 g/mol. The zero-order valence-electron chi connectivity index (χ0n) is 16.8. The van der Waals surface area contributed by atoms with E-state index in [9.17, 15) is 9.59 Å². The Morgan fingerprint density at radius 1 is 1.03 bits per heavy atom. The molecule has 0 aliphatic rings. The van der Waals surface area contributed by atoms with Crippen LogP contribution in [0, 0.1) is 0 Å². The Morgan fingerprint density at radius 2 is 1.72 bits per heavy atom. The second kappa shape index (κ2) is 8.92. The molecule has 0 fully saturated rings. The first-order chi connectivity index (χ1) is 13.9. The highest BCUT2D eigenvalue weighted by Crippen LogP contribution is 2.20. The standard InChI is InChI=1S/C23H27N3O3/c1-3-23(24,4-2)15-25-21(27)13-16-9-11-18(12-10-16)26-22(28)20-14-17-7-5-6-8-19(17)29-20/h5-12,14H,3-4,13,15,24H2,1-2H3,(H,25,27)(H,26,28). The van der Waals surface area contributed by atoms with E-state index in [1.807, 2.05) is 50.2 Å². The van der Waals surface area contributed by atoms with Crippen molar-refractivity contribution in [1.29, 1.82) is 0 Å². The minimum Gasteiger partial charge on any atom is -0.451 e. The summed E-state index contributed by atoms with van der Waals surface area (Å²) in [5, 5.41) is 6.60. The maximum Gasteiger partial charge on any atom is 0.291 e. The SMILES string of the molecule is CCC(N)(CC)CNC(=O)Cc1ccc(NC(=O)c2cc3ccccc3o2)cc1. The van der Waals surface area contributed by atoms with Gasteiger partial charge in [-0.05, 0) is 42.7 Å². The minimum absolute atomic E-state index is 0.0687. The van der Waals surface area contributed by atoms with E-state index in [1.54, 1.807) is 18.2 Å². The lowest BCUT2D eigenvalue weighted by Gasteiger charge is -2.26. The number of nitrogens with one attached hydrogen (secondary N) is 2. The molecule has 0 bridgehead atoms. The Bertz CT molecular complexity index is 955. The summed E-state index contributed by atoms with van der Waals surface area (Å²) in [7, 11) is 0. The van der Waals surface area contributed by atoms with Crippen molar-refractivity contribution in [2.45, 2.75) is 38.6 Å². The molecule has 0 saturated carbocycles. The molecule has 0 saturated heterocycles. The van der Waals surface area contributed by atoms with Gasteiger partial charge in [0.05, 0.1) is 6.42 Å². The molecule has 0 aliphatic heterocycles. The van der Waals surface area contributed by atoms with E-state index in [1.165, 1.54) is 0 Å². The van der Waals surface area contributed by atoms with E-state index < -0.39 is 0 Å². The first-order valence-electron chi connectivity index (χ1n) is 9.87. The van der Waals surface area contributed by atoms with Gasteiger partial charge in [0.25, 0.3) is 5.91 Å². The number of benzene rings is 2. The van der Waals surface area contributed by atoms with E-state index in [0.29, 0.717) is 17.8 Å². The third-order valence-corrected chi connectivity index (χ3v) is 5.27. The van der Waals surface area contributed by atoms with E-state index in [0.717, 1.165) is 23.8 Å². The molecule has 1 heterocycles. The number of rotatable bonds is 8. The van der Waals surface area contributed by atoms with Gasteiger partial charge in [-0.2, -0.15) is 0 Å². The molecule has 29 heavy (non-hydrogen) atoms. The van der Waals surface area contributed by atoms with E-state index >= 15 is 0 Å². The molecule has 0 atom stereocenters. The van der Waals surface area contributed by atoms with Crippen LogP contribution >= 0.6 is 0 Å². The van der Waals surface area contributed by atoms with E-state index in [2.05, 4.69) is 10.6 Å². The van der Waals surface area contributed by atoms with Crippen LogP contribution in [0.15, 0.2) is 59.0 Å². The number of nitrogens with two attached hydrogens (primary N) is 1. The summed E-state index contributed by atoms with van der Waals surface area (Å²) in [5.41, 5.74) is 8.02. The molecule has 3 rings (SSSR count). The van der Waals surface area contributed by atoms with Gasteiger partial charge < -0.3 is 20.8 Å². The highest BCUT2D eigenvalue weighted by atomic mass is 16.3. The first kappa shape index (κ1) is 20.6. The van der Waals surface area contributed by atoms with Crippen LogP contribution in [0.25, 0.3) is 11.0 Å². The number of carbonyl (C=O) groups excluding carboxylic acids is 2. The van der Waals surface area contributed by atoms with Crippen molar-refractivity contribution < 1.29 is 14.0 Å². The molecule has 1 aromatic heterocycles. The molecule has 152 valence electrons. The largest absolute Gasteiger partial charge is 0.451 e. The monoisotopic (exact) mass is 393 g/mol. The third kappa shape index (κ3) is 5.23. The van der Waals surface area contributed by atoms with Crippen molar-refractivity contribution in [1.82, 2.24) is 5.32 Å². The molecule has 6 nitrogen and oxygen atoms in total. The Balaban J connectivity index is 1.55. The van der Waals surface area contributed by atoms with Gasteiger partial charge in [-0.1, -0.05) is 44.2 Å². The zero-order valence-corrected chi connectivity index (χ0v) is 16.8. The second-order valence-corrected chi connectivity index (χ2v) is 7.32. The maximum absolute atomic E-state index is 12.4. The van der Waals surface area contributed by atoms with Gasteiger partial charge >= 0.3 is 0 Å². The average Bonchev–Trinajstić information content (AvgIpc) is 3.18. The zero-order chi connectivity index (χ0) is 20.9. The predicted octanol–water partition coefficient (Wildman–Crippen LogP) is 3.86. The van der Waals surface area contributed by atoms with Gasteiger partial charge in [-0.15, -0.1) is 0 Å². The second-order valence-electron chi connectivity index (χ2n) is 7.32. The number of hydrogen-bond acceptors (Lipinski definition) is 4. The molecule has 6 heteroatoms. The molecular weight excluding hydrogens is 366 g/mol. The van der Waals surface area contributed by atoms with Crippen LogP contribution < -0.4 is 16.4 Å². The number of fused-ring (bicyclic) bond motifs is 1. The summed E-state index contributed by atoms with van der Waals surface area (Å²) in [6.07, 6.45) is 1.88. The first-order valence-corrected chi connectivity index (χ1v) is 9.87. The van der Waals surface area contributed by atoms with Crippen molar-refractivity contribution in [2.24, 2.45) is 5.73 Å². The van der Waals surface area contributed by atoms with Gasteiger partial charge in [0.1, 0.15) is 5.58 Å². The minimum atomic E-state index is -0.361. The molecule has 4 N–H and O–H groups in total. The van der Waals surface area contributed by atoms with Crippen molar-refractivity contribution in [3.63, 3.8) is 0 Å². The molecule has 2 amide bonds. The van der Waals surface area contributed by atoms with Crippen LogP contribution in [-0.4, -0.2) is 23.9 Å². The number of anilines is 1. The van der Waals surface area contributed by atoms with Crippen LogP contribution in [-0.2, 0) is 11.2 Å². The van der Waals surface area contributed by atoms with Gasteiger partial charge in [0.2, 0.25) is 5.91 Å². The molecule has 0 radical (unpaired) electrons. The van der Waals surface area contributed by atoms with Crippen LogP contribution in [0.5, 0.6) is 0 Å². The molecule has 0 spiro atoms. The number of furan rings is 1. The van der Waals surface area contributed by atoms with Crippen LogP contribution in [0.3, 0.4) is 0 Å². The maximum atomic E-state index is 12.4. The fraction of sp³-hybridized carbons (Fsp3) is 0.304. The molecular formula is C23H27N3O3. The quantitative estimate of drug-likeness (QED) is 0.541. The Labute approximate surface area is 170 Å². The molecule has 0 aliphatic carbocycles. The highest BCUT2D eigenvalue weighted by molar-refractivity contribution is 6.04.